The zero-order valence-electron chi connectivity index (χ0n) is 20.6. The lowest BCUT2D eigenvalue weighted by Crippen LogP contribution is -2.33. The molecule has 0 aromatic carbocycles. The molecule has 0 saturated carbocycles. The first-order valence-corrected chi connectivity index (χ1v) is 15.0. The van der Waals surface area contributed by atoms with Gasteiger partial charge in [-0.25, -0.2) is 9.59 Å². The number of aromatic nitrogens is 4. The molecule has 8 atom stereocenters. The van der Waals surface area contributed by atoms with Crippen molar-refractivity contribution < 1.29 is 37.3 Å². The van der Waals surface area contributed by atoms with Gasteiger partial charge in [0.1, 0.15) is 55.7 Å². The van der Waals surface area contributed by atoms with Crippen LogP contribution in [0.25, 0.3) is 0 Å². The second-order valence-electron chi connectivity index (χ2n) is 8.91. The highest BCUT2D eigenvalue weighted by Gasteiger charge is 2.46. The van der Waals surface area contributed by atoms with Crippen LogP contribution in [0, 0.1) is 13.8 Å². The van der Waals surface area contributed by atoms with Crippen LogP contribution in [-0.2, 0) is 32.2 Å². The van der Waals surface area contributed by atoms with Crippen molar-refractivity contribution in [2.24, 2.45) is 0 Å². The maximum Gasteiger partial charge on any atom is 0.697 e. The summed E-state index contributed by atoms with van der Waals surface area (Å²) in [4.78, 5) is 52.1. The van der Waals surface area contributed by atoms with Gasteiger partial charge in [-0.2, -0.15) is 0 Å². The number of nitrogens with zero attached hydrogens (tertiary/aromatic N) is 2. The maximum atomic E-state index is 12.6. The minimum absolute atomic E-state index is 0.0173. The van der Waals surface area contributed by atoms with E-state index < -0.39 is 81.5 Å². The third kappa shape index (κ3) is 6.88. The molecule has 2 fully saturated rings. The second-order valence-corrected chi connectivity index (χ2v) is 11.5. The Morgan fingerprint density at radius 1 is 0.923 bits per heavy atom. The Kier molecular flexibility index (Phi) is 9.47. The topological polar surface area (TPSA) is 210 Å². The zero-order chi connectivity index (χ0) is 28.4. The predicted molar refractivity (Wildman–Crippen MR) is 136 cm³/mol. The van der Waals surface area contributed by atoms with E-state index in [1.54, 1.807) is 0 Å². The highest BCUT2D eigenvalue weighted by atomic mass is 32.7. The van der Waals surface area contributed by atoms with Crippen LogP contribution in [0.1, 0.15) is 36.4 Å². The van der Waals surface area contributed by atoms with Gasteiger partial charge in [0.05, 0.1) is 6.61 Å². The van der Waals surface area contributed by atoms with Crippen LogP contribution in [0.4, 0.5) is 0 Å². The van der Waals surface area contributed by atoms with Gasteiger partial charge in [0, 0.05) is 40.9 Å². The van der Waals surface area contributed by atoms with E-state index in [0.29, 0.717) is 0 Å². The molecular formula is C20H26N4O12P2S+2. The van der Waals surface area contributed by atoms with Gasteiger partial charge in [-0.3, -0.25) is 28.7 Å². The molecule has 2 aliphatic heterocycles. The minimum Gasteiger partial charge on any atom is -0.394 e. The number of H-pyrrole nitrogens is 2. The number of aryl methyl sites for hydroxylation is 2. The van der Waals surface area contributed by atoms with Crippen LogP contribution < -0.4 is 22.5 Å². The van der Waals surface area contributed by atoms with Crippen molar-refractivity contribution in [2.75, 3.05) is 13.2 Å². The monoisotopic (exact) mass is 608 g/mol. The summed E-state index contributed by atoms with van der Waals surface area (Å²) in [5, 5.41) is 9.69. The van der Waals surface area contributed by atoms with Gasteiger partial charge in [-0.1, -0.05) is 0 Å². The Hall–Kier alpha value is -2.33. The Bertz CT molecular complexity index is 1490. The van der Waals surface area contributed by atoms with Crippen LogP contribution in [0.5, 0.6) is 0 Å². The molecule has 0 bridgehead atoms. The van der Waals surface area contributed by atoms with Crippen molar-refractivity contribution in [1.29, 1.82) is 0 Å². The largest absolute Gasteiger partial charge is 0.697 e. The molecule has 19 heteroatoms. The molecular weight excluding hydrogens is 582 g/mol. The average Bonchev–Trinajstić information content (AvgIpc) is 3.45. The van der Waals surface area contributed by atoms with Gasteiger partial charge in [0.25, 0.3) is 11.1 Å². The number of aliphatic hydroxyl groups is 1. The number of rotatable bonds is 10. The summed E-state index contributed by atoms with van der Waals surface area (Å²) in [6.07, 6.45) is -2.78. The molecule has 2 aromatic rings. The molecule has 0 aliphatic carbocycles. The normalized spacial score (nSPS) is 27.6. The van der Waals surface area contributed by atoms with Crippen LogP contribution >= 0.6 is 27.7 Å². The van der Waals surface area contributed by atoms with Crippen LogP contribution in [0.15, 0.2) is 31.6 Å². The van der Waals surface area contributed by atoms with Crippen LogP contribution in [0.3, 0.4) is 0 Å². The Morgan fingerprint density at radius 2 is 1.41 bits per heavy atom. The van der Waals surface area contributed by atoms with E-state index in [-0.39, 0.29) is 30.6 Å². The van der Waals surface area contributed by atoms with Gasteiger partial charge in [-0.05, 0) is 18.4 Å². The number of hydrogen-bond donors (Lipinski definition) is 4. The van der Waals surface area contributed by atoms with Gasteiger partial charge in [0.15, 0.2) is 0 Å². The van der Waals surface area contributed by atoms with Crippen molar-refractivity contribution in [3.63, 3.8) is 0 Å². The fraction of sp³-hybridized carbons (Fsp3) is 0.600. The summed E-state index contributed by atoms with van der Waals surface area (Å²) in [6, 6.07) is 0. The summed E-state index contributed by atoms with van der Waals surface area (Å²) in [5.41, 5.74) is -1.99. The molecule has 0 amide bonds. The highest BCUT2D eigenvalue weighted by Crippen LogP contribution is 2.41. The van der Waals surface area contributed by atoms with E-state index in [9.17, 15) is 33.4 Å². The zero-order valence-corrected chi connectivity index (χ0v) is 23.3. The SMILES string of the molecule is Cc1cn(C2C[C@H](O[P+](=O)S)C(CO[P+](=O)O[C@H]3CC(n4cc(C)c(=O)[nH]c4=O)OC3CO)O2)c(=O)[nH]c1=O. The maximum absolute atomic E-state index is 12.6. The molecule has 2 saturated heterocycles. The standard InChI is InChI=1S/C20H24N4O12P2S/c1-9-5-23(19(28)21-17(9)26)15-3-11(13(7-25)33-15)35-37(30)32-8-14-12(36-38(31)39)4-16(34-14)24-6-10(2)18(27)22-20(24)29/h5-6,11-16,25H,3-4,7-8H2,1-2H3,(H-2,21,22,26,27,28,29,31,39)/p+2/t11-,12-,13?,14?,15?,16?/m0/s1. The van der Waals surface area contributed by atoms with Crippen molar-refractivity contribution >= 4 is 27.7 Å². The number of aliphatic hydroxyl groups excluding tert-OH is 1. The molecule has 2 aliphatic rings. The van der Waals surface area contributed by atoms with Crippen molar-refractivity contribution in [2.45, 2.75) is 63.6 Å². The first-order chi connectivity index (χ1) is 18.5. The fourth-order valence-electron chi connectivity index (χ4n) is 4.27. The quantitative estimate of drug-likeness (QED) is 0.212. The molecule has 16 nitrogen and oxygen atoms in total. The number of nitrogens with one attached hydrogen (secondary N) is 2. The summed E-state index contributed by atoms with van der Waals surface area (Å²) in [5.74, 6) is 0. The van der Waals surface area contributed by atoms with Crippen LogP contribution in [-0.4, -0.2) is 61.8 Å². The third-order valence-corrected chi connectivity index (χ3v) is 7.78. The number of ether oxygens (including phenoxy) is 2. The summed E-state index contributed by atoms with van der Waals surface area (Å²) in [7, 11) is -5.16. The third-order valence-electron chi connectivity index (χ3n) is 6.24. The van der Waals surface area contributed by atoms with E-state index in [1.165, 1.54) is 26.2 Å². The smallest absolute Gasteiger partial charge is 0.394 e. The van der Waals surface area contributed by atoms with Crippen LogP contribution in [0.2, 0.25) is 0 Å². The highest BCUT2D eigenvalue weighted by molar-refractivity contribution is 8.39. The first-order valence-electron chi connectivity index (χ1n) is 11.6. The fourth-order valence-corrected chi connectivity index (χ4v) is 5.86. The molecule has 4 rings (SSSR count). The Labute approximate surface area is 226 Å². The lowest BCUT2D eigenvalue weighted by Gasteiger charge is -2.14. The molecule has 212 valence electrons. The van der Waals surface area contributed by atoms with Crippen molar-refractivity contribution in [3.05, 3.63) is 65.2 Å². The first kappa shape index (κ1) is 29.6. The lowest BCUT2D eigenvalue weighted by atomic mass is 10.2. The molecule has 0 radical (unpaired) electrons. The average molecular weight is 608 g/mol. The lowest BCUT2D eigenvalue weighted by molar-refractivity contribution is -0.0483. The minimum atomic E-state index is -2.80. The van der Waals surface area contributed by atoms with E-state index >= 15 is 0 Å². The van der Waals surface area contributed by atoms with Gasteiger partial charge in [0.2, 0.25) is 0 Å². The summed E-state index contributed by atoms with van der Waals surface area (Å²) < 4.78 is 54.1. The van der Waals surface area contributed by atoms with E-state index in [0.717, 1.165) is 9.13 Å². The van der Waals surface area contributed by atoms with E-state index in [1.807, 2.05) is 0 Å². The Balaban J connectivity index is 1.40. The number of hydrogen-bond acceptors (Lipinski definition) is 12. The Morgan fingerprint density at radius 3 is 1.90 bits per heavy atom. The van der Waals surface area contributed by atoms with Gasteiger partial charge < -0.3 is 14.6 Å². The van der Waals surface area contributed by atoms with Gasteiger partial charge in [-0.15, -0.1) is 13.6 Å². The molecule has 0 spiro atoms. The van der Waals surface area contributed by atoms with E-state index in [2.05, 4.69) is 22.2 Å². The molecule has 4 heterocycles. The second kappa shape index (κ2) is 12.5. The molecule has 6 unspecified atom stereocenters. The molecule has 3 N–H and O–H groups in total. The van der Waals surface area contributed by atoms with Crippen molar-refractivity contribution in [1.82, 2.24) is 19.1 Å². The van der Waals surface area contributed by atoms with Gasteiger partial charge >= 0.3 is 26.9 Å². The summed E-state index contributed by atoms with van der Waals surface area (Å²) >= 11 is 3.76. The molecule has 39 heavy (non-hydrogen) atoms. The number of aromatic amines is 2. The summed E-state index contributed by atoms with van der Waals surface area (Å²) in [6.45, 7) is 2.16. The number of thiol groups is 1. The van der Waals surface area contributed by atoms with E-state index in [4.69, 9.17) is 23.0 Å². The predicted octanol–water partition coefficient (Wildman–Crippen LogP) is 0.303. The van der Waals surface area contributed by atoms with Crippen molar-refractivity contribution in [3.8, 4) is 0 Å². The molecule has 2 aromatic heterocycles.